The van der Waals surface area contributed by atoms with Gasteiger partial charge in [-0.15, -0.1) is 0 Å². The molecular formula is C20H25NO3. The first kappa shape index (κ1) is 15.7. The number of carboxylic acid groups (broad SMARTS) is 1. The predicted molar refractivity (Wildman–Crippen MR) is 90.6 cm³/mol. The molecule has 3 aliphatic rings. The van der Waals surface area contributed by atoms with Gasteiger partial charge in [-0.1, -0.05) is 30.7 Å². The Bertz CT molecular complexity index is 671. The molecule has 4 rings (SSSR count). The van der Waals surface area contributed by atoms with Crippen LogP contribution in [0.2, 0.25) is 0 Å². The molecule has 1 aromatic rings. The molecule has 1 aliphatic heterocycles. The zero-order valence-corrected chi connectivity index (χ0v) is 14.0. The second-order valence-corrected chi connectivity index (χ2v) is 7.91. The molecule has 3 atom stereocenters. The van der Waals surface area contributed by atoms with Crippen molar-refractivity contribution in [3.63, 3.8) is 0 Å². The molecule has 1 unspecified atom stereocenters. The van der Waals surface area contributed by atoms with E-state index in [4.69, 9.17) is 0 Å². The number of nitrogens with zero attached hydrogens (tertiary/aromatic N) is 1. The van der Waals surface area contributed by atoms with Gasteiger partial charge in [0, 0.05) is 19.5 Å². The van der Waals surface area contributed by atoms with E-state index >= 15 is 0 Å². The largest absolute Gasteiger partial charge is 0.481 e. The van der Waals surface area contributed by atoms with Gasteiger partial charge < -0.3 is 10.0 Å². The summed E-state index contributed by atoms with van der Waals surface area (Å²) in [6.45, 7) is 1.07. The summed E-state index contributed by atoms with van der Waals surface area (Å²) in [4.78, 5) is 26.4. The van der Waals surface area contributed by atoms with E-state index in [2.05, 4.69) is 24.3 Å². The van der Waals surface area contributed by atoms with E-state index < -0.39 is 11.4 Å². The zero-order chi connectivity index (χ0) is 16.7. The molecule has 0 spiro atoms. The summed E-state index contributed by atoms with van der Waals surface area (Å²) in [5.41, 5.74) is 2.14. The monoisotopic (exact) mass is 327 g/mol. The Hall–Kier alpha value is -1.84. The fourth-order valence-electron chi connectivity index (χ4n) is 5.15. The minimum atomic E-state index is -0.702. The van der Waals surface area contributed by atoms with Crippen molar-refractivity contribution in [2.45, 2.75) is 44.9 Å². The lowest BCUT2D eigenvalue weighted by Gasteiger charge is -2.27. The van der Waals surface area contributed by atoms with E-state index in [-0.39, 0.29) is 11.8 Å². The molecule has 0 aromatic heterocycles. The summed E-state index contributed by atoms with van der Waals surface area (Å²) in [6.07, 6.45) is 6.32. The number of benzene rings is 1. The maximum Gasteiger partial charge on any atom is 0.311 e. The number of rotatable bonds is 3. The first-order valence-electron chi connectivity index (χ1n) is 9.16. The average Bonchev–Trinajstić information content (AvgIpc) is 3.13. The van der Waals surface area contributed by atoms with Crippen LogP contribution in [0.15, 0.2) is 24.3 Å². The van der Waals surface area contributed by atoms with Crippen LogP contribution in [0.4, 0.5) is 0 Å². The van der Waals surface area contributed by atoms with Crippen LogP contribution in [0.3, 0.4) is 0 Å². The molecule has 1 N–H and O–H groups in total. The van der Waals surface area contributed by atoms with Gasteiger partial charge in [-0.25, -0.2) is 0 Å². The maximum atomic E-state index is 12.8. The fraction of sp³-hybridized carbons (Fsp3) is 0.600. The summed E-state index contributed by atoms with van der Waals surface area (Å²) < 4.78 is 0. The number of aryl methyl sites for hydroxylation is 1. The summed E-state index contributed by atoms with van der Waals surface area (Å²) in [5, 5.41) is 9.67. The van der Waals surface area contributed by atoms with E-state index in [1.54, 1.807) is 0 Å². The van der Waals surface area contributed by atoms with Gasteiger partial charge in [0.15, 0.2) is 0 Å². The van der Waals surface area contributed by atoms with E-state index in [1.165, 1.54) is 11.1 Å². The highest BCUT2D eigenvalue weighted by Crippen LogP contribution is 2.49. The van der Waals surface area contributed by atoms with Crippen molar-refractivity contribution in [3.05, 3.63) is 35.4 Å². The Morgan fingerprint density at radius 3 is 2.75 bits per heavy atom. The molecule has 4 heteroatoms. The van der Waals surface area contributed by atoms with Crippen molar-refractivity contribution in [1.29, 1.82) is 0 Å². The zero-order valence-electron chi connectivity index (χ0n) is 14.0. The molecule has 1 aromatic carbocycles. The highest BCUT2D eigenvalue weighted by molar-refractivity contribution is 5.81. The highest BCUT2D eigenvalue weighted by atomic mass is 16.4. The Morgan fingerprint density at radius 1 is 1.21 bits per heavy atom. The molecule has 1 saturated carbocycles. The summed E-state index contributed by atoms with van der Waals surface area (Å²) >= 11 is 0. The Balaban J connectivity index is 1.40. The third kappa shape index (κ3) is 2.52. The number of aliphatic carboxylic acids is 1. The topological polar surface area (TPSA) is 57.6 Å². The van der Waals surface area contributed by atoms with Crippen LogP contribution < -0.4 is 0 Å². The molecule has 1 amide bonds. The van der Waals surface area contributed by atoms with Gasteiger partial charge in [0.25, 0.3) is 0 Å². The normalized spacial score (nSPS) is 31.6. The van der Waals surface area contributed by atoms with Crippen molar-refractivity contribution in [3.8, 4) is 0 Å². The average molecular weight is 327 g/mol. The molecule has 0 radical (unpaired) electrons. The third-order valence-corrected chi connectivity index (χ3v) is 6.56. The fourth-order valence-corrected chi connectivity index (χ4v) is 5.15. The molecule has 0 bridgehead atoms. The van der Waals surface area contributed by atoms with Gasteiger partial charge in [-0.3, -0.25) is 9.59 Å². The quantitative estimate of drug-likeness (QED) is 0.929. The predicted octanol–water partition coefficient (Wildman–Crippen LogP) is 2.89. The lowest BCUT2D eigenvalue weighted by atomic mass is 9.81. The molecule has 2 aliphatic carbocycles. The smallest absolute Gasteiger partial charge is 0.311 e. The second-order valence-electron chi connectivity index (χ2n) is 7.91. The molecule has 4 nitrogen and oxygen atoms in total. The minimum Gasteiger partial charge on any atom is -0.481 e. The number of hydrogen-bond donors (Lipinski definition) is 1. The Labute approximate surface area is 142 Å². The van der Waals surface area contributed by atoms with Gasteiger partial charge in [0.05, 0.1) is 5.41 Å². The summed E-state index contributed by atoms with van der Waals surface area (Å²) in [5.74, 6) is 0.0148. The van der Waals surface area contributed by atoms with Crippen molar-refractivity contribution in [1.82, 2.24) is 4.90 Å². The second kappa shape index (κ2) is 5.91. The van der Waals surface area contributed by atoms with Gasteiger partial charge >= 0.3 is 5.97 Å². The number of amides is 1. The van der Waals surface area contributed by atoms with Gasteiger partial charge in [0.1, 0.15) is 0 Å². The summed E-state index contributed by atoms with van der Waals surface area (Å²) in [6, 6.07) is 8.51. The van der Waals surface area contributed by atoms with Crippen LogP contribution in [0.1, 0.15) is 43.2 Å². The van der Waals surface area contributed by atoms with Gasteiger partial charge in [0.2, 0.25) is 5.91 Å². The van der Waals surface area contributed by atoms with E-state index in [0.717, 1.165) is 38.5 Å². The van der Waals surface area contributed by atoms with E-state index in [9.17, 15) is 14.7 Å². The van der Waals surface area contributed by atoms with E-state index in [0.29, 0.717) is 25.4 Å². The Kier molecular flexibility index (Phi) is 3.86. The minimum absolute atomic E-state index is 0.158. The molecule has 2 fully saturated rings. The number of likely N-dealkylation sites (tertiary alicyclic amines) is 1. The number of hydrogen-bond acceptors (Lipinski definition) is 2. The number of fused-ring (bicyclic) bond motifs is 2. The van der Waals surface area contributed by atoms with Crippen molar-refractivity contribution in [2.75, 3.05) is 13.1 Å². The third-order valence-electron chi connectivity index (χ3n) is 6.56. The van der Waals surface area contributed by atoms with Crippen LogP contribution in [-0.4, -0.2) is 35.0 Å². The SMILES string of the molecule is O=C(CC1CCc2ccccc2C1)N1C[C@@H]2CCC[C@@]2(C(=O)O)C1. The lowest BCUT2D eigenvalue weighted by molar-refractivity contribution is -0.149. The molecule has 128 valence electrons. The molecule has 1 heterocycles. The van der Waals surface area contributed by atoms with Crippen molar-refractivity contribution < 1.29 is 14.7 Å². The van der Waals surface area contributed by atoms with Gasteiger partial charge in [-0.2, -0.15) is 0 Å². The first-order chi connectivity index (χ1) is 11.6. The molecule has 1 saturated heterocycles. The summed E-state index contributed by atoms with van der Waals surface area (Å²) in [7, 11) is 0. The molecule has 24 heavy (non-hydrogen) atoms. The lowest BCUT2D eigenvalue weighted by Crippen LogP contribution is -2.37. The van der Waals surface area contributed by atoms with Crippen molar-refractivity contribution in [2.24, 2.45) is 17.3 Å². The maximum absolute atomic E-state index is 12.8. The standard InChI is InChI=1S/C20H25NO3/c22-18(11-14-7-8-15-4-1-2-5-16(15)10-14)21-12-17-6-3-9-20(17,13-21)19(23)24/h1-2,4-5,14,17H,3,6-13H2,(H,23,24)/t14?,17-,20+/m0/s1. The first-order valence-corrected chi connectivity index (χ1v) is 9.16. The van der Waals surface area contributed by atoms with Crippen LogP contribution in [-0.2, 0) is 22.4 Å². The van der Waals surface area contributed by atoms with Crippen LogP contribution in [0, 0.1) is 17.3 Å². The molecular weight excluding hydrogens is 302 g/mol. The Morgan fingerprint density at radius 2 is 2.00 bits per heavy atom. The number of carbonyl (C=O) groups is 2. The highest BCUT2D eigenvalue weighted by Gasteiger charge is 2.55. The van der Waals surface area contributed by atoms with Crippen LogP contribution in [0.25, 0.3) is 0 Å². The van der Waals surface area contributed by atoms with Gasteiger partial charge in [-0.05, 0) is 55.1 Å². The number of carboxylic acids is 1. The number of carbonyl (C=O) groups excluding carboxylic acids is 1. The van der Waals surface area contributed by atoms with Crippen molar-refractivity contribution >= 4 is 11.9 Å². The van der Waals surface area contributed by atoms with Crippen LogP contribution >= 0.6 is 0 Å². The van der Waals surface area contributed by atoms with E-state index in [1.807, 2.05) is 4.90 Å². The van der Waals surface area contributed by atoms with Crippen LogP contribution in [0.5, 0.6) is 0 Å².